The summed E-state index contributed by atoms with van der Waals surface area (Å²) in [6, 6.07) is 0. The van der Waals surface area contributed by atoms with E-state index >= 15 is 0 Å². The molecule has 0 fully saturated rings. The quantitative estimate of drug-likeness (QED) is 0.418. The van der Waals surface area contributed by atoms with Gasteiger partial charge in [-0.3, -0.25) is 0 Å². The first-order valence-electron chi connectivity index (χ1n) is 4.82. The lowest BCUT2D eigenvalue weighted by Crippen LogP contribution is -2.22. The van der Waals surface area contributed by atoms with Gasteiger partial charge in [0.2, 0.25) is 9.04 Å². The average Bonchev–Trinajstić information content (AvgIpc) is 1.96. The average molecular weight is 230 g/mol. The number of hydrogen-bond donors (Lipinski definition) is 0. The summed E-state index contributed by atoms with van der Waals surface area (Å²) in [6.45, 7) is 9.03. The van der Waals surface area contributed by atoms with Gasteiger partial charge in [-0.15, -0.1) is 0 Å². The zero-order valence-electron chi connectivity index (χ0n) is 9.87. The van der Waals surface area contributed by atoms with Crippen molar-refractivity contribution in [3.8, 4) is 0 Å². The van der Waals surface area contributed by atoms with Crippen molar-refractivity contribution in [2.24, 2.45) is 0 Å². The zero-order chi connectivity index (χ0) is 12.1. The van der Waals surface area contributed by atoms with Crippen LogP contribution in [0.2, 0.25) is 13.1 Å². The number of carbonyl (C=O) groups is 2. The van der Waals surface area contributed by atoms with Gasteiger partial charge in [0.05, 0.1) is 0 Å². The molecular formula is C10H18O4Si. The van der Waals surface area contributed by atoms with Crippen molar-refractivity contribution < 1.29 is 18.8 Å². The van der Waals surface area contributed by atoms with Crippen LogP contribution >= 0.6 is 0 Å². The van der Waals surface area contributed by atoms with E-state index in [1.165, 1.54) is 0 Å². The Bertz CT molecular complexity index is 263. The summed E-state index contributed by atoms with van der Waals surface area (Å²) >= 11 is 0. The summed E-state index contributed by atoms with van der Waals surface area (Å²) in [7, 11) is -1.39. The lowest BCUT2D eigenvalue weighted by molar-refractivity contribution is -0.148. The molecule has 15 heavy (non-hydrogen) atoms. The molecule has 0 aliphatic rings. The van der Waals surface area contributed by atoms with Crippen LogP contribution in [0.25, 0.3) is 0 Å². The summed E-state index contributed by atoms with van der Waals surface area (Å²) in [6.07, 6.45) is 2.19. The van der Waals surface area contributed by atoms with E-state index in [1.807, 2.05) is 13.1 Å². The molecule has 0 saturated heterocycles. The fraction of sp³-hybridized carbons (Fsp3) is 0.600. The maximum Gasteiger partial charge on any atom is 0.331 e. The first kappa shape index (κ1) is 13.9. The van der Waals surface area contributed by atoms with Gasteiger partial charge in [0.1, 0.15) is 5.60 Å². The van der Waals surface area contributed by atoms with Crippen molar-refractivity contribution in [1.29, 1.82) is 0 Å². The van der Waals surface area contributed by atoms with Gasteiger partial charge in [-0.2, -0.15) is 0 Å². The van der Waals surface area contributed by atoms with E-state index in [-0.39, 0.29) is 0 Å². The van der Waals surface area contributed by atoms with Gasteiger partial charge >= 0.3 is 11.9 Å². The van der Waals surface area contributed by atoms with Gasteiger partial charge in [-0.1, -0.05) is 0 Å². The number of ether oxygens (including phenoxy) is 1. The Hall–Kier alpha value is -1.10. The minimum absolute atomic E-state index is 0.484. The highest BCUT2D eigenvalue weighted by atomic mass is 28.3. The third kappa shape index (κ3) is 9.21. The molecule has 0 bridgehead atoms. The Morgan fingerprint density at radius 2 is 1.53 bits per heavy atom. The van der Waals surface area contributed by atoms with Crippen LogP contribution in [0.15, 0.2) is 12.2 Å². The molecule has 0 amide bonds. The Kier molecular flexibility index (Phi) is 5.28. The van der Waals surface area contributed by atoms with Gasteiger partial charge in [0.15, 0.2) is 0 Å². The van der Waals surface area contributed by atoms with Crippen LogP contribution in [-0.2, 0) is 18.8 Å². The predicted molar refractivity (Wildman–Crippen MR) is 60.0 cm³/mol. The van der Waals surface area contributed by atoms with Gasteiger partial charge in [0, 0.05) is 12.2 Å². The number of hydrogen-bond acceptors (Lipinski definition) is 4. The van der Waals surface area contributed by atoms with Crippen molar-refractivity contribution in [3.63, 3.8) is 0 Å². The molecule has 0 aromatic heterocycles. The van der Waals surface area contributed by atoms with E-state index in [0.717, 1.165) is 12.2 Å². The summed E-state index contributed by atoms with van der Waals surface area (Å²) < 4.78 is 9.91. The lowest BCUT2D eigenvalue weighted by atomic mass is 10.2. The van der Waals surface area contributed by atoms with E-state index in [9.17, 15) is 9.59 Å². The molecule has 0 heterocycles. The maximum absolute atomic E-state index is 11.1. The highest BCUT2D eigenvalue weighted by molar-refractivity contribution is 6.50. The fourth-order valence-corrected chi connectivity index (χ4v) is 1.29. The lowest BCUT2D eigenvalue weighted by Gasteiger charge is -2.17. The third-order valence-corrected chi connectivity index (χ3v) is 1.82. The molecule has 5 heteroatoms. The van der Waals surface area contributed by atoms with Crippen molar-refractivity contribution in [2.75, 3.05) is 0 Å². The molecule has 0 aromatic rings. The number of carbonyl (C=O) groups excluding carboxylic acids is 2. The highest BCUT2D eigenvalue weighted by Crippen LogP contribution is 2.07. The normalized spacial score (nSPS) is 11.9. The minimum Gasteiger partial charge on any atom is -0.519 e. The molecule has 0 rings (SSSR count). The Labute approximate surface area is 92.0 Å². The maximum atomic E-state index is 11.1. The van der Waals surface area contributed by atoms with Crippen molar-refractivity contribution in [2.45, 2.75) is 39.5 Å². The second-order valence-electron chi connectivity index (χ2n) is 4.35. The molecular weight excluding hydrogens is 212 g/mol. The topological polar surface area (TPSA) is 52.6 Å². The van der Waals surface area contributed by atoms with Crippen LogP contribution in [0.4, 0.5) is 0 Å². The molecule has 0 atom stereocenters. The standard InChI is InChI=1S/C10H18O4Si/c1-10(2,3)13-8(11)6-7-9(12)14-15(4)5/h6-7,15H,1-5H3/b7-6-. The molecule has 0 saturated carbocycles. The molecule has 0 radical (unpaired) electrons. The Morgan fingerprint density at radius 1 is 1.07 bits per heavy atom. The monoisotopic (exact) mass is 230 g/mol. The second kappa shape index (κ2) is 5.70. The van der Waals surface area contributed by atoms with E-state index in [0.29, 0.717) is 0 Å². The molecule has 86 valence electrons. The molecule has 0 spiro atoms. The number of esters is 1. The highest BCUT2D eigenvalue weighted by Gasteiger charge is 2.14. The fourth-order valence-electron chi connectivity index (χ4n) is 0.743. The van der Waals surface area contributed by atoms with Crippen LogP contribution in [0.1, 0.15) is 20.8 Å². The van der Waals surface area contributed by atoms with Gasteiger partial charge < -0.3 is 9.16 Å². The van der Waals surface area contributed by atoms with Crippen LogP contribution in [0, 0.1) is 0 Å². The van der Waals surface area contributed by atoms with Crippen LogP contribution < -0.4 is 0 Å². The van der Waals surface area contributed by atoms with Gasteiger partial charge in [0.25, 0.3) is 0 Å². The summed E-state index contributed by atoms with van der Waals surface area (Å²) in [5, 5.41) is 0. The molecule has 0 aliphatic carbocycles. The predicted octanol–water partition coefficient (Wildman–Crippen LogP) is 1.41. The largest absolute Gasteiger partial charge is 0.519 e. The van der Waals surface area contributed by atoms with Crippen LogP contribution in [0.5, 0.6) is 0 Å². The molecule has 0 unspecified atom stereocenters. The summed E-state index contributed by atoms with van der Waals surface area (Å²) in [4.78, 5) is 22.2. The second-order valence-corrected chi connectivity index (χ2v) is 6.69. The molecule has 0 N–H and O–H groups in total. The smallest absolute Gasteiger partial charge is 0.331 e. The van der Waals surface area contributed by atoms with Crippen LogP contribution in [0.3, 0.4) is 0 Å². The van der Waals surface area contributed by atoms with Crippen LogP contribution in [-0.4, -0.2) is 26.6 Å². The number of rotatable bonds is 3. The SMILES string of the molecule is C[SiH](C)OC(=O)/C=C\C(=O)OC(C)(C)C. The van der Waals surface area contributed by atoms with E-state index in [4.69, 9.17) is 9.16 Å². The Morgan fingerprint density at radius 3 is 1.93 bits per heavy atom. The molecule has 0 aliphatic heterocycles. The van der Waals surface area contributed by atoms with Crippen molar-refractivity contribution in [3.05, 3.63) is 12.2 Å². The third-order valence-electron chi connectivity index (χ3n) is 1.11. The van der Waals surface area contributed by atoms with Crippen molar-refractivity contribution >= 4 is 21.0 Å². The Balaban J connectivity index is 4.07. The molecule has 0 aromatic carbocycles. The van der Waals surface area contributed by atoms with E-state index < -0.39 is 26.6 Å². The first-order valence-corrected chi connectivity index (χ1v) is 7.60. The summed E-state index contributed by atoms with van der Waals surface area (Å²) in [5.41, 5.74) is -0.544. The van der Waals surface area contributed by atoms with E-state index in [1.54, 1.807) is 20.8 Å². The van der Waals surface area contributed by atoms with Crippen molar-refractivity contribution in [1.82, 2.24) is 0 Å². The van der Waals surface area contributed by atoms with E-state index in [2.05, 4.69) is 0 Å². The van der Waals surface area contributed by atoms with Gasteiger partial charge in [-0.05, 0) is 33.9 Å². The molecule has 4 nitrogen and oxygen atoms in total. The minimum atomic E-state index is -1.39. The summed E-state index contributed by atoms with van der Waals surface area (Å²) in [5.74, 6) is -1.02. The zero-order valence-corrected chi connectivity index (χ0v) is 11.0. The van der Waals surface area contributed by atoms with Gasteiger partial charge in [-0.25, -0.2) is 9.59 Å². The first-order chi connectivity index (χ1) is 6.70.